The van der Waals surface area contributed by atoms with E-state index in [2.05, 4.69) is 33.8 Å². The van der Waals surface area contributed by atoms with Gasteiger partial charge in [-0.15, -0.1) is 0 Å². The minimum atomic E-state index is 0.215. The molecule has 1 aliphatic rings. The molecule has 1 amide bonds. The van der Waals surface area contributed by atoms with Gasteiger partial charge in [0.1, 0.15) is 12.4 Å². The molecule has 1 fully saturated rings. The van der Waals surface area contributed by atoms with Crippen LogP contribution in [0, 0.1) is 0 Å². The Morgan fingerprint density at radius 2 is 1.97 bits per heavy atom. The number of para-hydroxylation sites is 1. The molecule has 2 aromatic carbocycles. The quantitative estimate of drug-likeness (QED) is 0.560. The lowest BCUT2D eigenvalue weighted by Gasteiger charge is -2.19. The molecule has 154 valence electrons. The molecule has 1 aliphatic heterocycles. The maximum absolute atomic E-state index is 11.8. The molecule has 1 atom stereocenters. The minimum absolute atomic E-state index is 0.215. The van der Waals surface area contributed by atoms with Gasteiger partial charge in [-0.3, -0.25) is 9.79 Å². The Hall–Kier alpha value is -3.02. The van der Waals surface area contributed by atoms with Crippen molar-refractivity contribution in [1.29, 1.82) is 0 Å². The Bertz CT molecular complexity index is 823. The van der Waals surface area contributed by atoms with Crippen LogP contribution in [0.3, 0.4) is 0 Å². The molecule has 0 spiro atoms. The Balaban J connectivity index is 1.48. The smallest absolute Gasteiger partial charge is 0.222 e. The van der Waals surface area contributed by atoms with Crippen LogP contribution in [0.1, 0.15) is 30.9 Å². The number of carbonyl (C=O) groups is 1. The predicted molar refractivity (Wildman–Crippen MR) is 116 cm³/mol. The molecule has 0 aromatic heterocycles. The van der Waals surface area contributed by atoms with Gasteiger partial charge in [-0.25, -0.2) is 0 Å². The van der Waals surface area contributed by atoms with Crippen molar-refractivity contribution in [2.75, 3.05) is 20.1 Å². The number of benzene rings is 2. The highest BCUT2D eigenvalue weighted by Gasteiger charge is 2.25. The Morgan fingerprint density at radius 3 is 2.72 bits per heavy atom. The summed E-state index contributed by atoms with van der Waals surface area (Å²) in [5.74, 6) is 1.84. The van der Waals surface area contributed by atoms with Crippen molar-refractivity contribution in [2.24, 2.45) is 4.99 Å². The molecule has 0 aliphatic carbocycles. The van der Waals surface area contributed by atoms with Gasteiger partial charge < -0.3 is 20.3 Å². The number of rotatable bonds is 7. The van der Waals surface area contributed by atoms with E-state index in [9.17, 15) is 4.79 Å². The fraction of sp³-hybridized carbons (Fsp3) is 0.391. The van der Waals surface area contributed by atoms with Gasteiger partial charge in [0, 0.05) is 39.1 Å². The lowest BCUT2D eigenvalue weighted by atomic mass is 10.1. The zero-order valence-corrected chi connectivity index (χ0v) is 17.2. The lowest BCUT2D eigenvalue weighted by molar-refractivity contribution is -0.129. The summed E-state index contributed by atoms with van der Waals surface area (Å²) in [6.07, 6.45) is 1.50. The number of hydrogen-bond acceptors (Lipinski definition) is 3. The standard InChI is InChI=1S/C23H30N4O2/c1-3-22(28)27-13-12-20(16-27)26-23(24-2)25-15-18-8-7-9-19(14-18)17-29-21-10-5-4-6-11-21/h4-11,14,20H,3,12-13,15-17H2,1-2H3,(H2,24,25,26). The van der Waals surface area contributed by atoms with Crippen LogP contribution in [0.15, 0.2) is 59.6 Å². The number of aliphatic imine (C=N–C) groups is 1. The van der Waals surface area contributed by atoms with E-state index in [1.807, 2.05) is 48.2 Å². The minimum Gasteiger partial charge on any atom is -0.489 e. The van der Waals surface area contributed by atoms with E-state index in [1.165, 1.54) is 0 Å². The molecule has 1 saturated heterocycles. The van der Waals surface area contributed by atoms with E-state index in [1.54, 1.807) is 7.05 Å². The molecular weight excluding hydrogens is 364 g/mol. The molecule has 29 heavy (non-hydrogen) atoms. The van der Waals surface area contributed by atoms with E-state index in [4.69, 9.17) is 4.74 Å². The van der Waals surface area contributed by atoms with Crippen LogP contribution in [-0.2, 0) is 17.9 Å². The van der Waals surface area contributed by atoms with Gasteiger partial charge in [-0.1, -0.05) is 49.4 Å². The van der Waals surface area contributed by atoms with Crippen LogP contribution in [0.4, 0.5) is 0 Å². The van der Waals surface area contributed by atoms with Crippen molar-refractivity contribution < 1.29 is 9.53 Å². The van der Waals surface area contributed by atoms with Gasteiger partial charge in [0.25, 0.3) is 0 Å². The topological polar surface area (TPSA) is 66.0 Å². The van der Waals surface area contributed by atoms with Crippen molar-refractivity contribution in [3.05, 3.63) is 65.7 Å². The van der Waals surface area contributed by atoms with Crippen molar-refractivity contribution in [3.8, 4) is 5.75 Å². The number of ether oxygens (including phenoxy) is 1. The van der Waals surface area contributed by atoms with Crippen LogP contribution in [0.25, 0.3) is 0 Å². The van der Waals surface area contributed by atoms with Crippen molar-refractivity contribution >= 4 is 11.9 Å². The first-order valence-electron chi connectivity index (χ1n) is 10.2. The molecule has 6 nitrogen and oxygen atoms in total. The van der Waals surface area contributed by atoms with Gasteiger partial charge in [-0.2, -0.15) is 0 Å². The number of nitrogens with one attached hydrogen (secondary N) is 2. The largest absolute Gasteiger partial charge is 0.489 e. The lowest BCUT2D eigenvalue weighted by Crippen LogP contribution is -2.44. The van der Waals surface area contributed by atoms with Crippen molar-refractivity contribution in [1.82, 2.24) is 15.5 Å². The van der Waals surface area contributed by atoms with Gasteiger partial charge in [0.05, 0.1) is 0 Å². The zero-order chi connectivity index (χ0) is 20.5. The fourth-order valence-corrected chi connectivity index (χ4v) is 3.41. The number of amides is 1. The van der Waals surface area contributed by atoms with E-state index in [0.717, 1.165) is 42.3 Å². The molecule has 0 bridgehead atoms. The molecule has 0 saturated carbocycles. The summed E-state index contributed by atoms with van der Waals surface area (Å²) in [6.45, 7) is 4.66. The van der Waals surface area contributed by atoms with Crippen molar-refractivity contribution in [2.45, 2.75) is 39.0 Å². The SMILES string of the molecule is CCC(=O)N1CCC(NC(=NC)NCc2cccc(COc3ccccc3)c2)C1. The highest BCUT2D eigenvalue weighted by atomic mass is 16.5. The van der Waals surface area contributed by atoms with Gasteiger partial charge in [-0.05, 0) is 29.7 Å². The summed E-state index contributed by atoms with van der Waals surface area (Å²) in [4.78, 5) is 18.1. The number of nitrogens with zero attached hydrogens (tertiary/aromatic N) is 2. The summed E-state index contributed by atoms with van der Waals surface area (Å²) < 4.78 is 5.83. The van der Waals surface area contributed by atoms with E-state index in [-0.39, 0.29) is 11.9 Å². The highest BCUT2D eigenvalue weighted by molar-refractivity contribution is 5.80. The molecular formula is C23H30N4O2. The van der Waals surface area contributed by atoms with Gasteiger partial charge in [0.2, 0.25) is 5.91 Å². The third-order valence-electron chi connectivity index (χ3n) is 5.01. The third-order valence-corrected chi connectivity index (χ3v) is 5.01. The number of hydrogen-bond donors (Lipinski definition) is 2. The second-order valence-corrected chi connectivity index (χ2v) is 7.17. The van der Waals surface area contributed by atoms with Crippen LogP contribution in [0.2, 0.25) is 0 Å². The van der Waals surface area contributed by atoms with Crippen LogP contribution in [0.5, 0.6) is 5.75 Å². The Kier molecular flexibility index (Phi) is 7.50. The molecule has 3 rings (SSSR count). The first-order valence-corrected chi connectivity index (χ1v) is 10.2. The first kappa shape index (κ1) is 20.7. The van der Waals surface area contributed by atoms with Crippen molar-refractivity contribution in [3.63, 3.8) is 0 Å². The molecule has 1 unspecified atom stereocenters. The van der Waals surface area contributed by atoms with Gasteiger partial charge >= 0.3 is 0 Å². The second-order valence-electron chi connectivity index (χ2n) is 7.17. The summed E-state index contributed by atoms with van der Waals surface area (Å²) in [5, 5.41) is 6.79. The maximum atomic E-state index is 11.8. The number of likely N-dealkylation sites (tertiary alicyclic amines) is 1. The second kappa shape index (κ2) is 10.5. The molecule has 1 heterocycles. The summed E-state index contributed by atoms with van der Waals surface area (Å²) in [6, 6.07) is 18.4. The first-order chi connectivity index (χ1) is 14.2. The molecule has 2 N–H and O–H groups in total. The Labute approximate surface area is 173 Å². The average molecular weight is 395 g/mol. The van der Waals surface area contributed by atoms with E-state index >= 15 is 0 Å². The summed E-state index contributed by atoms with van der Waals surface area (Å²) in [5.41, 5.74) is 2.29. The monoisotopic (exact) mass is 394 g/mol. The van der Waals surface area contributed by atoms with Crippen LogP contribution < -0.4 is 15.4 Å². The predicted octanol–water partition coefficient (Wildman–Crippen LogP) is 2.94. The number of guanidine groups is 1. The summed E-state index contributed by atoms with van der Waals surface area (Å²) >= 11 is 0. The molecule has 0 radical (unpaired) electrons. The third kappa shape index (κ3) is 6.24. The van der Waals surface area contributed by atoms with Gasteiger partial charge in [0.15, 0.2) is 5.96 Å². The van der Waals surface area contributed by atoms with Crippen LogP contribution >= 0.6 is 0 Å². The normalized spacial score (nSPS) is 16.6. The van der Waals surface area contributed by atoms with Crippen LogP contribution in [-0.4, -0.2) is 42.9 Å². The maximum Gasteiger partial charge on any atom is 0.222 e. The highest BCUT2D eigenvalue weighted by Crippen LogP contribution is 2.13. The van der Waals surface area contributed by atoms with E-state index < -0.39 is 0 Å². The molecule has 2 aromatic rings. The zero-order valence-electron chi connectivity index (χ0n) is 17.2. The summed E-state index contributed by atoms with van der Waals surface area (Å²) in [7, 11) is 1.77. The van der Waals surface area contributed by atoms with E-state index in [0.29, 0.717) is 19.6 Å². The average Bonchev–Trinajstić information content (AvgIpc) is 3.24. The number of carbonyl (C=O) groups excluding carboxylic acids is 1. The fourth-order valence-electron chi connectivity index (χ4n) is 3.41. The Morgan fingerprint density at radius 1 is 1.17 bits per heavy atom. The molecule has 6 heteroatoms.